The zero-order valence-electron chi connectivity index (χ0n) is 18.2. The third-order valence-electron chi connectivity index (χ3n) is 5.50. The quantitative estimate of drug-likeness (QED) is 0.332. The molecule has 1 unspecified atom stereocenters. The maximum absolute atomic E-state index is 13.1. The summed E-state index contributed by atoms with van der Waals surface area (Å²) in [6, 6.07) is 8.29. The smallest absolute Gasteiger partial charge is 0.205 e. The molecule has 0 aliphatic carbocycles. The second kappa shape index (κ2) is 10.4. The fraction of sp³-hybridized carbons (Fsp3) is 0.565. The van der Waals surface area contributed by atoms with Crippen LogP contribution in [0.2, 0.25) is 18.1 Å². The van der Waals surface area contributed by atoms with Gasteiger partial charge in [0.15, 0.2) is 0 Å². The number of aliphatic hydroxyl groups excluding tert-OH is 1. The summed E-state index contributed by atoms with van der Waals surface area (Å²) in [5.74, 6) is 3.00. The van der Waals surface area contributed by atoms with E-state index >= 15 is 0 Å². The highest BCUT2D eigenvalue weighted by molar-refractivity contribution is 7.95. The SMILES string of the molecule is CCCCCCC(O)/C(=C\C#C[Si](C)(C)C(C)(C)C)S(=O)(=O)c1ccccc1. The second-order valence-electron chi connectivity index (χ2n) is 8.87. The molecule has 5 heteroatoms. The van der Waals surface area contributed by atoms with E-state index in [-0.39, 0.29) is 14.8 Å². The van der Waals surface area contributed by atoms with E-state index in [1.165, 1.54) is 6.08 Å². The van der Waals surface area contributed by atoms with E-state index < -0.39 is 24.0 Å². The summed E-state index contributed by atoms with van der Waals surface area (Å²) in [5.41, 5.74) is 3.32. The Kier molecular flexibility index (Phi) is 9.20. The first-order chi connectivity index (χ1) is 12.9. The number of aliphatic hydroxyl groups is 1. The first-order valence-corrected chi connectivity index (χ1v) is 14.6. The molecule has 0 amide bonds. The summed E-state index contributed by atoms with van der Waals surface area (Å²) in [6.07, 6.45) is 4.80. The van der Waals surface area contributed by atoms with Gasteiger partial charge in [-0.3, -0.25) is 0 Å². The molecule has 0 heterocycles. The highest BCUT2D eigenvalue weighted by atomic mass is 32.2. The van der Waals surface area contributed by atoms with Crippen LogP contribution in [0.5, 0.6) is 0 Å². The Morgan fingerprint density at radius 1 is 1.14 bits per heavy atom. The van der Waals surface area contributed by atoms with E-state index in [1.807, 2.05) is 0 Å². The van der Waals surface area contributed by atoms with Crippen molar-refractivity contribution in [1.29, 1.82) is 0 Å². The summed E-state index contributed by atoms with van der Waals surface area (Å²) in [5, 5.41) is 10.8. The Morgan fingerprint density at radius 3 is 2.29 bits per heavy atom. The summed E-state index contributed by atoms with van der Waals surface area (Å²) < 4.78 is 26.3. The normalized spacial score (nSPS) is 14.3. The maximum atomic E-state index is 13.1. The third kappa shape index (κ3) is 6.91. The van der Waals surface area contributed by atoms with Gasteiger partial charge >= 0.3 is 0 Å². The molecule has 0 saturated carbocycles. The highest BCUT2D eigenvalue weighted by Crippen LogP contribution is 2.35. The van der Waals surface area contributed by atoms with Crippen molar-refractivity contribution in [2.24, 2.45) is 0 Å². The molecule has 1 atom stereocenters. The van der Waals surface area contributed by atoms with Crippen LogP contribution in [-0.2, 0) is 9.84 Å². The molecular weight excluding hydrogens is 384 g/mol. The molecule has 1 aromatic rings. The molecule has 1 N–H and O–H groups in total. The van der Waals surface area contributed by atoms with Crippen LogP contribution in [0.3, 0.4) is 0 Å². The van der Waals surface area contributed by atoms with Crippen molar-refractivity contribution in [2.75, 3.05) is 0 Å². The average molecular weight is 421 g/mol. The molecule has 0 bridgehead atoms. The van der Waals surface area contributed by atoms with Crippen LogP contribution in [0.25, 0.3) is 0 Å². The number of benzene rings is 1. The van der Waals surface area contributed by atoms with Crippen molar-refractivity contribution in [1.82, 2.24) is 0 Å². The molecule has 1 aromatic carbocycles. The van der Waals surface area contributed by atoms with E-state index in [4.69, 9.17) is 0 Å². The van der Waals surface area contributed by atoms with Gasteiger partial charge in [0, 0.05) is 6.08 Å². The fourth-order valence-corrected chi connectivity index (χ4v) is 4.76. The summed E-state index contributed by atoms with van der Waals surface area (Å²) >= 11 is 0. The van der Waals surface area contributed by atoms with Gasteiger partial charge in [-0.25, -0.2) is 8.42 Å². The van der Waals surface area contributed by atoms with E-state index in [0.29, 0.717) is 6.42 Å². The molecule has 0 saturated heterocycles. The van der Waals surface area contributed by atoms with Gasteiger partial charge in [0.25, 0.3) is 0 Å². The highest BCUT2D eigenvalue weighted by Gasteiger charge is 2.33. The Labute approximate surface area is 173 Å². The Morgan fingerprint density at radius 2 is 1.75 bits per heavy atom. The van der Waals surface area contributed by atoms with Gasteiger partial charge in [-0.15, -0.1) is 5.54 Å². The van der Waals surface area contributed by atoms with Gasteiger partial charge < -0.3 is 5.11 Å². The van der Waals surface area contributed by atoms with E-state index in [0.717, 1.165) is 25.7 Å². The van der Waals surface area contributed by atoms with Gasteiger partial charge in [-0.2, -0.15) is 0 Å². The van der Waals surface area contributed by atoms with Gasteiger partial charge in [-0.05, 0) is 23.6 Å². The number of allylic oxidation sites excluding steroid dienone is 1. The second-order valence-corrected chi connectivity index (χ2v) is 15.8. The van der Waals surface area contributed by atoms with Gasteiger partial charge in [-0.1, -0.05) is 90.6 Å². The van der Waals surface area contributed by atoms with Crippen molar-refractivity contribution in [3.8, 4) is 11.5 Å². The number of unbranched alkanes of at least 4 members (excludes halogenated alkanes) is 3. The molecular formula is C23H36O3SSi. The zero-order chi connectivity index (χ0) is 21.4. The Bertz CT molecular complexity index is 807. The fourth-order valence-electron chi connectivity index (χ4n) is 2.47. The van der Waals surface area contributed by atoms with Gasteiger partial charge in [0.1, 0.15) is 8.07 Å². The summed E-state index contributed by atoms with van der Waals surface area (Å²) in [6.45, 7) is 13.0. The molecule has 0 aromatic heterocycles. The molecule has 3 nitrogen and oxygen atoms in total. The average Bonchev–Trinajstić information content (AvgIpc) is 2.61. The first kappa shape index (κ1) is 24.7. The molecule has 0 fully saturated rings. The monoisotopic (exact) mass is 420 g/mol. The Balaban J connectivity index is 3.26. The number of sulfone groups is 1. The minimum absolute atomic E-state index is 0.0152. The summed E-state index contributed by atoms with van der Waals surface area (Å²) in [4.78, 5) is 0.212. The van der Waals surface area contributed by atoms with Crippen LogP contribution in [0, 0.1) is 11.5 Å². The lowest BCUT2D eigenvalue weighted by Gasteiger charge is -2.31. The molecule has 1 rings (SSSR count). The molecule has 0 aliphatic heterocycles. The van der Waals surface area contributed by atoms with Crippen LogP contribution in [0.15, 0.2) is 46.2 Å². The van der Waals surface area contributed by atoms with Crippen LogP contribution >= 0.6 is 0 Å². The van der Waals surface area contributed by atoms with E-state index in [2.05, 4.69) is 52.3 Å². The largest absolute Gasteiger partial charge is 0.388 e. The Hall–Kier alpha value is -1.35. The van der Waals surface area contributed by atoms with Crippen molar-refractivity contribution in [3.63, 3.8) is 0 Å². The van der Waals surface area contributed by atoms with Crippen LogP contribution < -0.4 is 0 Å². The number of rotatable bonds is 8. The molecule has 0 radical (unpaired) electrons. The van der Waals surface area contributed by atoms with Gasteiger partial charge in [0.2, 0.25) is 9.84 Å². The lowest BCUT2D eigenvalue weighted by Crippen LogP contribution is -2.35. The standard InChI is InChI=1S/C23H36O3SSi/c1-7-8-9-13-17-21(24)22(18-14-19-28(5,6)23(2,3)4)27(25,26)20-15-11-10-12-16-20/h10-12,15-16,18,21,24H,7-9,13,17H2,1-6H3/b22-18+. The zero-order valence-corrected chi connectivity index (χ0v) is 20.1. The molecule has 28 heavy (non-hydrogen) atoms. The van der Waals surface area contributed by atoms with Crippen LogP contribution in [0.4, 0.5) is 0 Å². The first-order valence-electron chi connectivity index (χ1n) is 10.1. The van der Waals surface area contributed by atoms with Crippen molar-refractivity contribution < 1.29 is 13.5 Å². The van der Waals surface area contributed by atoms with Crippen molar-refractivity contribution in [2.45, 2.75) is 88.9 Å². The predicted molar refractivity (Wildman–Crippen MR) is 121 cm³/mol. The number of hydrogen-bond acceptors (Lipinski definition) is 3. The molecule has 156 valence electrons. The van der Waals surface area contributed by atoms with Gasteiger partial charge in [0.05, 0.1) is 15.9 Å². The topological polar surface area (TPSA) is 54.4 Å². The lowest BCUT2D eigenvalue weighted by molar-refractivity contribution is 0.203. The summed E-state index contributed by atoms with van der Waals surface area (Å²) in [7, 11) is -5.64. The van der Waals surface area contributed by atoms with Crippen LogP contribution in [-0.4, -0.2) is 27.7 Å². The molecule has 0 spiro atoms. The maximum Gasteiger partial charge on any atom is 0.205 e. The van der Waals surface area contributed by atoms with Crippen molar-refractivity contribution in [3.05, 3.63) is 41.3 Å². The minimum atomic E-state index is -3.77. The predicted octanol–water partition coefficient (Wildman–Crippen LogP) is 5.73. The van der Waals surface area contributed by atoms with E-state index in [1.54, 1.807) is 30.3 Å². The third-order valence-corrected chi connectivity index (χ3v) is 11.9. The number of hydrogen-bond donors (Lipinski definition) is 1. The minimum Gasteiger partial charge on any atom is -0.388 e. The van der Waals surface area contributed by atoms with Crippen molar-refractivity contribution >= 4 is 17.9 Å². The van der Waals surface area contributed by atoms with Crippen LogP contribution in [0.1, 0.15) is 59.8 Å². The lowest BCUT2D eigenvalue weighted by atomic mass is 10.1. The molecule has 0 aliphatic rings. The van der Waals surface area contributed by atoms with E-state index in [9.17, 15) is 13.5 Å².